The molecule has 2 saturated heterocycles. The summed E-state index contributed by atoms with van der Waals surface area (Å²) in [6.07, 6.45) is 0.926. The third kappa shape index (κ3) is 0.741. The number of carbonyl (C=O) groups excluding carboxylic acids is 2. The topological polar surface area (TPSA) is 46.6 Å². The highest BCUT2D eigenvalue weighted by Gasteiger charge is 2.70. The van der Waals surface area contributed by atoms with Crippen LogP contribution in [0.4, 0.5) is 0 Å². The van der Waals surface area contributed by atoms with E-state index in [9.17, 15) is 9.59 Å². The van der Waals surface area contributed by atoms with Gasteiger partial charge in [0.25, 0.3) is 0 Å². The molecule has 0 bridgehead atoms. The highest BCUT2D eigenvalue weighted by atomic mass is 16.5. The van der Waals surface area contributed by atoms with E-state index in [2.05, 4.69) is 0 Å². The van der Waals surface area contributed by atoms with Crippen LogP contribution in [0.2, 0.25) is 0 Å². The molecular formula is C10H13NO3. The van der Waals surface area contributed by atoms with Crippen molar-refractivity contribution in [1.29, 1.82) is 0 Å². The van der Waals surface area contributed by atoms with Gasteiger partial charge >= 0.3 is 0 Å². The second kappa shape index (κ2) is 2.19. The van der Waals surface area contributed by atoms with Crippen LogP contribution >= 0.6 is 0 Å². The standard InChI is InChI=1S/C10H13NO3/c1-10(2)11-6(4-14-10)7-5(3-12)8(7)9(11)13/h3,5-8H,4H2,1-2H3/t5-,6-,7+,8+/m1/s1. The molecule has 0 aromatic rings. The van der Waals surface area contributed by atoms with Crippen LogP contribution in [-0.2, 0) is 14.3 Å². The van der Waals surface area contributed by atoms with Crippen molar-refractivity contribution < 1.29 is 14.3 Å². The molecule has 4 nitrogen and oxygen atoms in total. The molecule has 1 amide bonds. The van der Waals surface area contributed by atoms with Gasteiger partial charge in [-0.15, -0.1) is 0 Å². The van der Waals surface area contributed by atoms with Crippen molar-refractivity contribution in [2.45, 2.75) is 25.6 Å². The van der Waals surface area contributed by atoms with E-state index in [1.54, 1.807) is 0 Å². The van der Waals surface area contributed by atoms with Crippen LogP contribution < -0.4 is 0 Å². The molecule has 3 fully saturated rings. The maximum Gasteiger partial charge on any atom is 0.229 e. The molecule has 3 rings (SSSR count). The minimum absolute atomic E-state index is 0.0266. The summed E-state index contributed by atoms with van der Waals surface area (Å²) < 4.78 is 5.56. The molecule has 76 valence electrons. The van der Waals surface area contributed by atoms with E-state index in [0.717, 1.165) is 6.29 Å². The number of fused-ring (bicyclic) bond motifs is 3. The third-order valence-electron chi connectivity index (χ3n) is 3.78. The first kappa shape index (κ1) is 8.41. The summed E-state index contributed by atoms with van der Waals surface area (Å²) in [5.41, 5.74) is -0.470. The van der Waals surface area contributed by atoms with E-state index in [1.807, 2.05) is 18.7 Å². The van der Waals surface area contributed by atoms with Crippen LogP contribution in [0.1, 0.15) is 13.8 Å². The predicted octanol–water partition coefficient (Wildman–Crippen LogP) is 0.0246. The monoisotopic (exact) mass is 195 g/mol. The van der Waals surface area contributed by atoms with E-state index >= 15 is 0 Å². The Morgan fingerprint density at radius 1 is 1.57 bits per heavy atom. The second-order valence-electron chi connectivity index (χ2n) is 4.85. The molecule has 0 spiro atoms. The molecule has 2 aliphatic heterocycles. The molecule has 1 saturated carbocycles. The molecule has 4 heteroatoms. The van der Waals surface area contributed by atoms with E-state index < -0.39 is 5.72 Å². The first-order chi connectivity index (χ1) is 6.58. The van der Waals surface area contributed by atoms with E-state index in [4.69, 9.17) is 4.74 Å². The molecule has 0 unspecified atom stereocenters. The Morgan fingerprint density at radius 3 is 2.93 bits per heavy atom. The van der Waals surface area contributed by atoms with Gasteiger partial charge in [-0.2, -0.15) is 0 Å². The van der Waals surface area contributed by atoms with Gasteiger partial charge in [-0.25, -0.2) is 0 Å². The lowest BCUT2D eigenvalue weighted by molar-refractivity contribution is -0.145. The zero-order chi connectivity index (χ0) is 10.1. The zero-order valence-electron chi connectivity index (χ0n) is 8.27. The maximum atomic E-state index is 11.9. The van der Waals surface area contributed by atoms with E-state index in [0.29, 0.717) is 6.61 Å². The largest absolute Gasteiger partial charge is 0.354 e. The normalized spacial score (nSPS) is 47.6. The fraction of sp³-hybridized carbons (Fsp3) is 0.800. The van der Waals surface area contributed by atoms with Gasteiger partial charge in [-0.1, -0.05) is 0 Å². The lowest BCUT2D eigenvalue weighted by Crippen LogP contribution is -2.46. The smallest absolute Gasteiger partial charge is 0.229 e. The number of piperidine rings is 1. The summed E-state index contributed by atoms with van der Waals surface area (Å²) >= 11 is 0. The first-order valence-corrected chi connectivity index (χ1v) is 5.00. The van der Waals surface area contributed by atoms with Gasteiger partial charge in [0.15, 0.2) is 0 Å². The van der Waals surface area contributed by atoms with Crippen LogP contribution in [0.5, 0.6) is 0 Å². The van der Waals surface area contributed by atoms with Crippen molar-refractivity contribution in [2.24, 2.45) is 17.8 Å². The van der Waals surface area contributed by atoms with Gasteiger partial charge in [0.2, 0.25) is 5.91 Å². The van der Waals surface area contributed by atoms with E-state index in [1.165, 1.54) is 0 Å². The lowest BCUT2D eigenvalue weighted by atomic mass is 10.1. The van der Waals surface area contributed by atoms with Gasteiger partial charge in [-0.05, 0) is 13.8 Å². The van der Waals surface area contributed by atoms with Gasteiger partial charge in [0, 0.05) is 11.8 Å². The van der Waals surface area contributed by atoms with Crippen LogP contribution in [0.15, 0.2) is 0 Å². The number of amides is 1. The van der Waals surface area contributed by atoms with Crippen molar-refractivity contribution >= 4 is 12.2 Å². The minimum atomic E-state index is -0.470. The van der Waals surface area contributed by atoms with Crippen LogP contribution in [-0.4, -0.2) is 35.5 Å². The number of ether oxygens (including phenoxy) is 1. The summed E-state index contributed by atoms with van der Waals surface area (Å²) in [5.74, 6) is 0.295. The molecule has 1 aliphatic carbocycles. The number of carbonyl (C=O) groups is 2. The van der Waals surface area contributed by atoms with Gasteiger partial charge < -0.3 is 14.4 Å². The SMILES string of the molecule is CC1(C)OC[C@@H]2[C@@H]3[C@@H](C=O)[C@@H]3C(=O)N21. The number of hydrogen-bond donors (Lipinski definition) is 0. The summed E-state index contributed by atoms with van der Waals surface area (Å²) in [5, 5.41) is 0. The molecule has 4 atom stereocenters. The maximum absolute atomic E-state index is 11.9. The average molecular weight is 195 g/mol. The van der Waals surface area contributed by atoms with E-state index in [-0.39, 0.29) is 29.7 Å². The van der Waals surface area contributed by atoms with Crippen molar-refractivity contribution in [2.75, 3.05) is 6.61 Å². The fourth-order valence-electron chi connectivity index (χ4n) is 3.06. The molecule has 0 N–H and O–H groups in total. The molecule has 2 heterocycles. The number of hydrogen-bond acceptors (Lipinski definition) is 3. The molecule has 0 radical (unpaired) electrons. The predicted molar refractivity (Wildman–Crippen MR) is 47.2 cm³/mol. The van der Waals surface area contributed by atoms with Crippen LogP contribution in [0.3, 0.4) is 0 Å². The molecule has 0 aromatic heterocycles. The Kier molecular flexibility index (Phi) is 1.31. The molecular weight excluding hydrogens is 182 g/mol. The summed E-state index contributed by atoms with van der Waals surface area (Å²) in [4.78, 5) is 24.4. The van der Waals surface area contributed by atoms with Crippen molar-refractivity contribution in [1.82, 2.24) is 4.90 Å². The Morgan fingerprint density at radius 2 is 2.29 bits per heavy atom. The highest BCUT2D eigenvalue weighted by molar-refractivity contribution is 5.91. The molecule has 14 heavy (non-hydrogen) atoms. The number of aldehydes is 1. The zero-order valence-corrected chi connectivity index (χ0v) is 8.27. The summed E-state index contributed by atoms with van der Waals surface area (Å²) in [7, 11) is 0. The molecule has 0 aromatic carbocycles. The number of nitrogens with zero attached hydrogens (tertiary/aromatic N) is 1. The van der Waals surface area contributed by atoms with Crippen molar-refractivity contribution in [3.05, 3.63) is 0 Å². The minimum Gasteiger partial charge on any atom is -0.354 e. The summed E-state index contributed by atoms with van der Waals surface area (Å²) in [6, 6.07) is 0.151. The van der Waals surface area contributed by atoms with Gasteiger partial charge in [0.1, 0.15) is 12.0 Å². The lowest BCUT2D eigenvalue weighted by Gasteiger charge is -2.31. The Bertz CT molecular complexity index is 325. The second-order valence-corrected chi connectivity index (χ2v) is 4.85. The Labute approximate surface area is 82.2 Å². The Balaban J connectivity index is 1.93. The summed E-state index contributed by atoms with van der Waals surface area (Å²) in [6.45, 7) is 4.40. The van der Waals surface area contributed by atoms with Gasteiger partial charge in [-0.3, -0.25) is 4.79 Å². The number of rotatable bonds is 1. The van der Waals surface area contributed by atoms with Crippen molar-refractivity contribution in [3.63, 3.8) is 0 Å². The average Bonchev–Trinajstić information content (AvgIpc) is 2.66. The Hall–Kier alpha value is -0.900. The highest BCUT2D eigenvalue weighted by Crippen LogP contribution is 2.58. The van der Waals surface area contributed by atoms with Crippen LogP contribution in [0, 0.1) is 17.8 Å². The quantitative estimate of drug-likeness (QED) is 0.554. The van der Waals surface area contributed by atoms with Crippen LogP contribution in [0.25, 0.3) is 0 Å². The van der Waals surface area contributed by atoms with Crippen molar-refractivity contribution in [3.8, 4) is 0 Å². The first-order valence-electron chi connectivity index (χ1n) is 5.00. The third-order valence-corrected chi connectivity index (χ3v) is 3.78. The molecule has 3 aliphatic rings. The van der Waals surface area contributed by atoms with Gasteiger partial charge in [0.05, 0.1) is 18.6 Å². The fourth-order valence-corrected chi connectivity index (χ4v) is 3.06.